The number of carbonyl (C=O) groups is 1. The van der Waals surface area contributed by atoms with E-state index in [-0.39, 0.29) is 30.7 Å². The molecule has 0 bridgehead atoms. The van der Waals surface area contributed by atoms with Gasteiger partial charge in [0.15, 0.2) is 0 Å². The Morgan fingerprint density at radius 3 is 2.72 bits per heavy atom. The van der Waals surface area contributed by atoms with Crippen LogP contribution in [0.1, 0.15) is 5.56 Å². The first-order valence-corrected chi connectivity index (χ1v) is 8.55. The topological polar surface area (TPSA) is 63.2 Å². The minimum atomic E-state index is -0.414. The van der Waals surface area contributed by atoms with E-state index in [2.05, 4.69) is 21.7 Å². The highest BCUT2D eigenvalue weighted by atomic mass is 35.5. The highest BCUT2D eigenvalue weighted by molar-refractivity contribution is 7.98. The van der Waals surface area contributed by atoms with Gasteiger partial charge in [-0.15, -0.1) is 36.6 Å². The Kier molecular flexibility index (Phi) is 9.85. The number of halogens is 2. The Hall–Kier alpha value is -1.31. The van der Waals surface area contributed by atoms with Crippen LogP contribution in [0.5, 0.6) is 0 Å². The number of ether oxygens (including phenoxy) is 1. The van der Waals surface area contributed by atoms with Crippen LogP contribution in [0.15, 0.2) is 53.7 Å². The van der Waals surface area contributed by atoms with E-state index in [1.165, 1.54) is 5.56 Å². The van der Waals surface area contributed by atoms with Gasteiger partial charge in [0, 0.05) is 41.8 Å². The predicted molar refractivity (Wildman–Crippen MR) is 106 cm³/mol. The van der Waals surface area contributed by atoms with Crippen LogP contribution in [0.3, 0.4) is 0 Å². The molecule has 5 nitrogen and oxygen atoms in total. The smallest absolute Gasteiger partial charge is 0.254 e. The number of carbonyl (C=O) groups excluding carboxylic acids is 1. The molecule has 0 radical (unpaired) electrons. The van der Waals surface area contributed by atoms with Gasteiger partial charge in [-0.2, -0.15) is 0 Å². The van der Waals surface area contributed by atoms with E-state index in [1.807, 2.05) is 36.5 Å². The monoisotopic (exact) mass is 401 g/mol. The van der Waals surface area contributed by atoms with E-state index in [1.54, 1.807) is 18.0 Å². The van der Waals surface area contributed by atoms with E-state index in [9.17, 15) is 4.79 Å². The van der Waals surface area contributed by atoms with E-state index < -0.39 is 6.10 Å². The van der Waals surface area contributed by atoms with Gasteiger partial charge in [0.1, 0.15) is 6.10 Å². The molecule has 25 heavy (non-hydrogen) atoms. The summed E-state index contributed by atoms with van der Waals surface area (Å²) in [6.45, 7) is 1.93. The lowest BCUT2D eigenvalue weighted by Crippen LogP contribution is -2.45. The van der Waals surface area contributed by atoms with Crippen LogP contribution >= 0.6 is 36.6 Å². The second-order valence-corrected chi connectivity index (χ2v) is 6.28. The van der Waals surface area contributed by atoms with E-state index in [4.69, 9.17) is 4.74 Å². The Morgan fingerprint density at radius 2 is 2.08 bits per heavy atom. The number of pyridine rings is 1. The van der Waals surface area contributed by atoms with Gasteiger partial charge in [0.2, 0.25) is 0 Å². The average molecular weight is 402 g/mol. The van der Waals surface area contributed by atoms with Gasteiger partial charge in [-0.1, -0.05) is 6.07 Å². The zero-order valence-corrected chi connectivity index (χ0v) is 16.0. The maximum absolute atomic E-state index is 12.1. The van der Waals surface area contributed by atoms with Crippen molar-refractivity contribution in [2.75, 3.05) is 25.0 Å². The van der Waals surface area contributed by atoms with Crippen LogP contribution in [-0.2, 0) is 15.3 Å². The third kappa shape index (κ3) is 6.84. The zero-order chi connectivity index (χ0) is 15.9. The number of rotatable bonds is 5. The Balaban J connectivity index is 0.00000156. The van der Waals surface area contributed by atoms with Crippen molar-refractivity contribution in [2.45, 2.75) is 16.8 Å². The van der Waals surface area contributed by atoms with Gasteiger partial charge >= 0.3 is 0 Å². The van der Waals surface area contributed by atoms with Crippen LogP contribution in [0, 0.1) is 0 Å². The summed E-state index contributed by atoms with van der Waals surface area (Å²) in [6, 6.07) is 11.9. The number of nitrogens with zero attached hydrogens (tertiary/aromatic N) is 1. The Bertz CT molecular complexity index is 638. The number of amides is 1. The third-order valence-corrected chi connectivity index (χ3v) is 4.55. The van der Waals surface area contributed by atoms with Crippen molar-refractivity contribution in [1.82, 2.24) is 10.3 Å². The molecule has 2 heterocycles. The minimum Gasteiger partial charge on any atom is -0.366 e. The first-order chi connectivity index (χ1) is 11.3. The van der Waals surface area contributed by atoms with Crippen molar-refractivity contribution in [3.05, 3.63) is 54.4 Å². The number of hydrogen-bond acceptors (Lipinski definition) is 5. The molecule has 1 aromatic carbocycles. The lowest BCUT2D eigenvalue weighted by molar-refractivity contribution is -0.128. The molecule has 1 aliphatic heterocycles. The molecule has 3 rings (SSSR count). The number of anilines is 1. The molecule has 2 N–H and O–H groups in total. The maximum atomic E-state index is 12.1. The molecular weight excluding hydrogens is 381 g/mol. The van der Waals surface area contributed by atoms with Crippen molar-refractivity contribution in [1.29, 1.82) is 0 Å². The molecule has 136 valence electrons. The molecule has 1 aliphatic rings. The molecule has 1 aromatic heterocycles. The van der Waals surface area contributed by atoms with Crippen LogP contribution in [-0.4, -0.2) is 36.7 Å². The standard InChI is InChI=1S/C17H19N3O2S.2ClH/c21-17(16-11-19-8-9-22-16)20-14-3-5-15(6-4-14)23-12-13-2-1-7-18-10-13;;/h1-7,10,16,19H,8-9,11-12H2,(H,20,21);2*1H. The molecule has 0 spiro atoms. The number of hydrogen-bond donors (Lipinski definition) is 2. The van der Waals surface area contributed by atoms with Crippen molar-refractivity contribution in [2.24, 2.45) is 0 Å². The van der Waals surface area contributed by atoms with Crippen LogP contribution in [0.4, 0.5) is 5.69 Å². The van der Waals surface area contributed by atoms with Crippen LogP contribution in [0.2, 0.25) is 0 Å². The highest BCUT2D eigenvalue weighted by Crippen LogP contribution is 2.24. The molecule has 1 unspecified atom stereocenters. The molecule has 1 atom stereocenters. The zero-order valence-electron chi connectivity index (χ0n) is 13.5. The van der Waals surface area contributed by atoms with Gasteiger partial charge < -0.3 is 15.4 Å². The average Bonchev–Trinajstić information content (AvgIpc) is 2.63. The number of nitrogens with one attached hydrogen (secondary N) is 2. The summed E-state index contributed by atoms with van der Waals surface area (Å²) >= 11 is 1.74. The van der Waals surface area contributed by atoms with Crippen LogP contribution in [0.25, 0.3) is 0 Å². The fourth-order valence-electron chi connectivity index (χ4n) is 2.24. The summed E-state index contributed by atoms with van der Waals surface area (Å²) in [5.74, 6) is 0.772. The predicted octanol–water partition coefficient (Wildman–Crippen LogP) is 3.14. The summed E-state index contributed by atoms with van der Waals surface area (Å²) in [7, 11) is 0. The summed E-state index contributed by atoms with van der Waals surface area (Å²) in [5, 5.41) is 6.04. The molecule has 0 aliphatic carbocycles. The van der Waals surface area contributed by atoms with E-state index in [0.717, 1.165) is 22.9 Å². The highest BCUT2D eigenvalue weighted by Gasteiger charge is 2.21. The quantitative estimate of drug-likeness (QED) is 0.753. The van der Waals surface area contributed by atoms with Gasteiger partial charge in [-0.05, 0) is 35.9 Å². The molecule has 1 amide bonds. The maximum Gasteiger partial charge on any atom is 0.254 e. The normalized spacial score (nSPS) is 16.2. The first kappa shape index (κ1) is 21.7. The number of aromatic nitrogens is 1. The molecule has 8 heteroatoms. The molecule has 1 saturated heterocycles. The van der Waals surface area contributed by atoms with Gasteiger partial charge in [-0.3, -0.25) is 9.78 Å². The van der Waals surface area contributed by atoms with Crippen molar-refractivity contribution in [3.63, 3.8) is 0 Å². The van der Waals surface area contributed by atoms with Gasteiger partial charge in [0.25, 0.3) is 5.91 Å². The largest absolute Gasteiger partial charge is 0.366 e. The van der Waals surface area contributed by atoms with Crippen molar-refractivity contribution in [3.8, 4) is 0 Å². The fourth-order valence-corrected chi connectivity index (χ4v) is 3.07. The molecule has 1 fully saturated rings. The first-order valence-electron chi connectivity index (χ1n) is 7.56. The fraction of sp³-hybridized carbons (Fsp3) is 0.294. The molecule has 2 aromatic rings. The second-order valence-electron chi connectivity index (χ2n) is 5.23. The summed E-state index contributed by atoms with van der Waals surface area (Å²) in [4.78, 5) is 17.3. The Labute approximate surface area is 164 Å². The molecular formula is C17H21Cl2N3O2S. The molecule has 0 saturated carbocycles. The summed E-state index contributed by atoms with van der Waals surface area (Å²) in [5.41, 5.74) is 1.98. The van der Waals surface area contributed by atoms with Gasteiger partial charge in [-0.25, -0.2) is 0 Å². The van der Waals surface area contributed by atoms with Gasteiger partial charge in [0.05, 0.1) is 6.61 Å². The number of benzene rings is 1. The van der Waals surface area contributed by atoms with E-state index in [0.29, 0.717) is 13.2 Å². The lowest BCUT2D eigenvalue weighted by atomic mass is 10.2. The summed E-state index contributed by atoms with van der Waals surface area (Å²) < 4.78 is 5.44. The number of thioether (sulfide) groups is 1. The van der Waals surface area contributed by atoms with Crippen molar-refractivity contribution < 1.29 is 9.53 Å². The van der Waals surface area contributed by atoms with Crippen molar-refractivity contribution >= 4 is 48.2 Å². The SMILES string of the molecule is Cl.Cl.O=C(Nc1ccc(SCc2cccnc2)cc1)C1CNCCO1. The Morgan fingerprint density at radius 1 is 1.28 bits per heavy atom. The summed E-state index contributed by atoms with van der Waals surface area (Å²) in [6.07, 6.45) is 3.24. The second kappa shape index (κ2) is 11.3. The van der Waals surface area contributed by atoms with Crippen LogP contribution < -0.4 is 10.6 Å². The third-order valence-electron chi connectivity index (χ3n) is 3.47. The minimum absolute atomic E-state index is 0. The van der Waals surface area contributed by atoms with E-state index >= 15 is 0 Å². The lowest BCUT2D eigenvalue weighted by Gasteiger charge is -2.22. The number of morpholine rings is 1.